The third-order valence-corrected chi connectivity index (χ3v) is 10.2. The Kier molecular flexibility index (Phi) is 8.00. The monoisotopic (exact) mass is 724 g/mol. The van der Waals surface area contributed by atoms with Gasteiger partial charge in [-0.25, -0.2) is 9.59 Å². The summed E-state index contributed by atoms with van der Waals surface area (Å²) in [5, 5.41) is 3.87. The molecule has 2 aliphatic rings. The number of para-hydroxylation sites is 4. The van der Waals surface area contributed by atoms with Crippen LogP contribution in [0.3, 0.4) is 0 Å². The fourth-order valence-corrected chi connectivity index (χ4v) is 7.64. The number of carbonyl (C=O) groups excluding carboxylic acids is 2. The number of hydrogen-bond acceptors (Lipinski definition) is 6. The second-order valence-electron chi connectivity index (χ2n) is 13.7. The zero-order valence-corrected chi connectivity index (χ0v) is 30.0. The fourth-order valence-electron chi connectivity index (χ4n) is 7.64. The highest BCUT2D eigenvalue weighted by atomic mass is 16.6. The predicted molar refractivity (Wildman–Crippen MR) is 223 cm³/mol. The number of rotatable bonds is 8. The molecule has 6 heteroatoms. The van der Waals surface area contributed by atoms with Crippen LogP contribution < -0.4 is 9.80 Å². The van der Waals surface area contributed by atoms with E-state index in [4.69, 9.17) is 9.47 Å². The third-order valence-electron chi connectivity index (χ3n) is 10.2. The summed E-state index contributed by atoms with van der Waals surface area (Å²) in [6, 6.07) is 65.1. The van der Waals surface area contributed by atoms with E-state index < -0.39 is 11.9 Å². The van der Waals surface area contributed by atoms with Gasteiger partial charge in [0.1, 0.15) is 11.1 Å². The second-order valence-corrected chi connectivity index (χ2v) is 13.7. The SMILES string of the molecule is O=C1OC(c2ccc3cc(N(c4ccccc4)c4ccccc4)ccc3c2)=C2C(=O)OC(c3ccc4cc(N(c5ccccc5)c5ccccc5)ccc4c3)=C12. The minimum absolute atomic E-state index is 0.150. The fraction of sp³-hybridized carbons (Fsp3) is 0. The van der Waals surface area contributed by atoms with Crippen molar-refractivity contribution in [1.82, 2.24) is 0 Å². The standard InChI is InChI=1S/C50H32N2O4/c53-49-45-46(48(56-49)38-24-22-36-32-44(28-26-34(36)30-38)52(41-17-9-3-10-18-41)42-19-11-4-12-20-42)50(54)55-47(45)37-23-21-35-31-43(27-25-33(35)29-37)51(39-13-5-1-6-14-39)40-15-7-2-8-16-40/h1-32H. The molecular formula is C50H32N2O4. The average molecular weight is 725 g/mol. The van der Waals surface area contributed by atoms with Gasteiger partial charge in [-0.1, -0.05) is 109 Å². The molecule has 8 aromatic rings. The maximum atomic E-state index is 13.5. The molecule has 0 spiro atoms. The highest BCUT2D eigenvalue weighted by molar-refractivity contribution is 6.24. The van der Waals surface area contributed by atoms with Crippen molar-refractivity contribution in [3.05, 3.63) is 216 Å². The summed E-state index contributed by atoms with van der Waals surface area (Å²) in [6.07, 6.45) is 0. The molecule has 0 radical (unpaired) electrons. The van der Waals surface area contributed by atoms with Crippen LogP contribution in [0.4, 0.5) is 34.1 Å². The van der Waals surface area contributed by atoms with Gasteiger partial charge in [0.15, 0.2) is 11.5 Å². The molecule has 0 N–H and O–H groups in total. The van der Waals surface area contributed by atoms with E-state index in [2.05, 4.69) is 82.6 Å². The number of benzene rings is 8. The van der Waals surface area contributed by atoms with E-state index in [0.29, 0.717) is 11.1 Å². The van der Waals surface area contributed by atoms with E-state index in [-0.39, 0.29) is 22.7 Å². The van der Waals surface area contributed by atoms with E-state index in [1.807, 2.05) is 121 Å². The smallest absolute Gasteiger partial charge is 0.348 e. The van der Waals surface area contributed by atoms with Gasteiger partial charge < -0.3 is 19.3 Å². The number of esters is 2. The summed E-state index contributed by atoms with van der Waals surface area (Å²) in [4.78, 5) is 31.4. The van der Waals surface area contributed by atoms with Crippen molar-refractivity contribution < 1.29 is 19.1 Å². The summed E-state index contributed by atoms with van der Waals surface area (Å²) in [5.74, 6) is -0.800. The van der Waals surface area contributed by atoms with Crippen molar-refractivity contribution in [2.75, 3.05) is 9.80 Å². The second kappa shape index (κ2) is 13.6. The largest absolute Gasteiger partial charge is 0.421 e. The van der Waals surface area contributed by atoms with Gasteiger partial charge in [-0.05, 0) is 106 Å². The molecule has 0 saturated carbocycles. The predicted octanol–water partition coefficient (Wildman–Crippen LogP) is 12.2. The van der Waals surface area contributed by atoms with Gasteiger partial charge in [-0.2, -0.15) is 0 Å². The Bertz CT molecular complexity index is 2610. The van der Waals surface area contributed by atoms with E-state index in [1.165, 1.54) is 0 Å². The molecule has 0 aromatic heterocycles. The van der Waals surface area contributed by atoms with Crippen LogP contribution in [0.1, 0.15) is 11.1 Å². The molecule has 56 heavy (non-hydrogen) atoms. The van der Waals surface area contributed by atoms with Crippen molar-refractivity contribution in [2.45, 2.75) is 0 Å². The van der Waals surface area contributed by atoms with Gasteiger partial charge in [-0.3, -0.25) is 0 Å². The Labute approximate surface area is 323 Å². The molecule has 266 valence electrons. The number of hydrogen-bond donors (Lipinski definition) is 0. The highest BCUT2D eigenvalue weighted by Gasteiger charge is 2.45. The van der Waals surface area contributed by atoms with Crippen molar-refractivity contribution in [3.8, 4) is 0 Å². The first-order chi connectivity index (χ1) is 27.6. The third kappa shape index (κ3) is 5.77. The molecule has 8 aromatic carbocycles. The maximum Gasteiger partial charge on any atom is 0.348 e. The Morgan fingerprint density at radius 1 is 0.304 bits per heavy atom. The topological polar surface area (TPSA) is 59.1 Å². The van der Waals surface area contributed by atoms with E-state index in [1.54, 1.807) is 0 Å². The highest BCUT2D eigenvalue weighted by Crippen LogP contribution is 2.45. The molecule has 0 saturated heterocycles. The molecule has 0 fully saturated rings. The lowest BCUT2D eigenvalue weighted by molar-refractivity contribution is -0.131. The molecule has 0 unspecified atom stereocenters. The zero-order chi connectivity index (χ0) is 37.6. The lowest BCUT2D eigenvalue weighted by Crippen LogP contribution is -2.09. The molecular weight excluding hydrogens is 693 g/mol. The van der Waals surface area contributed by atoms with Gasteiger partial charge in [0.2, 0.25) is 0 Å². The molecule has 0 amide bonds. The van der Waals surface area contributed by atoms with Crippen LogP contribution >= 0.6 is 0 Å². The van der Waals surface area contributed by atoms with E-state index in [0.717, 1.165) is 55.7 Å². The zero-order valence-electron chi connectivity index (χ0n) is 30.0. The molecule has 6 nitrogen and oxygen atoms in total. The van der Waals surface area contributed by atoms with Crippen LogP contribution in [0.15, 0.2) is 205 Å². The average Bonchev–Trinajstić information content (AvgIpc) is 3.79. The van der Waals surface area contributed by atoms with Crippen LogP contribution in [-0.4, -0.2) is 11.9 Å². The van der Waals surface area contributed by atoms with E-state index in [9.17, 15) is 9.59 Å². The first kappa shape index (κ1) is 32.9. The van der Waals surface area contributed by atoms with Gasteiger partial charge in [0.25, 0.3) is 0 Å². The Morgan fingerprint density at radius 2 is 0.607 bits per heavy atom. The number of cyclic esters (lactones) is 2. The minimum atomic E-state index is -0.607. The maximum absolute atomic E-state index is 13.5. The quantitative estimate of drug-likeness (QED) is 0.145. The molecule has 0 atom stereocenters. The van der Waals surface area contributed by atoms with Gasteiger partial charge in [0, 0.05) is 45.3 Å². The Balaban J connectivity index is 0.990. The van der Waals surface area contributed by atoms with Crippen molar-refractivity contribution in [2.24, 2.45) is 0 Å². The van der Waals surface area contributed by atoms with Crippen LogP contribution in [0.25, 0.3) is 33.1 Å². The number of anilines is 6. The lowest BCUT2D eigenvalue weighted by Gasteiger charge is -2.25. The number of nitrogens with zero attached hydrogens (tertiary/aromatic N) is 2. The van der Waals surface area contributed by atoms with Crippen LogP contribution in [0.2, 0.25) is 0 Å². The molecule has 2 aliphatic heterocycles. The molecule has 0 aliphatic carbocycles. The molecule has 10 rings (SSSR count). The summed E-state index contributed by atoms with van der Waals surface area (Å²) < 4.78 is 11.7. The number of carbonyl (C=O) groups is 2. The Hall–Kier alpha value is -7.70. The van der Waals surface area contributed by atoms with Gasteiger partial charge >= 0.3 is 11.9 Å². The van der Waals surface area contributed by atoms with Crippen molar-refractivity contribution in [1.29, 1.82) is 0 Å². The van der Waals surface area contributed by atoms with Crippen molar-refractivity contribution in [3.63, 3.8) is 0 Å². The van der Waals surface area contributed by atoms with Crippen LogP contribution in [-0.2, 0) is 19.1 Å². The van der Waals surface area contributed by atoms with Crippen molar-refractivity contribution >= 4 is 79.1 Å². The Morgan fingerprint density at radius 3 is 0.946 bits per heavy atom. The number of fused-ring (bicyclic) bond motifs is 3. The van der Waals surface area contributed by atoms with Gasteiger partial charge in [-0.15, -0.1) is 0 Å². The first-order valence-electron chi connectivity index (χ1n) is 18.4. The van der Waals surface area contributed by atoms with Crippen LogP contribution in [0.5, 0.6) is 0 Å². The van der Waals surface area contributed by atoms with Crippen LogP contribution in [0, 0.1) is 0 Å². The minimum Gasteiger partial charge on any atom is -0.421 e. The summed E-state index contributed by atoms with van der Waals surface area (Å²) in [6.45, 7) is 0. The normalized spacial score (nSPS) is 13.6. The van der Waals surface area contributed by atoms with Gasteiger partial charge in [0.05, 0.1) is 0 Å². The first-order valence-corrected chi connectivity index (χ1v) is 18.4. The molecule has 2 heterocycles. The number of ether oxygens (including phenoxy) is 2. The summed E-state index contributed by atoms with van der Waals surface area (Å²) in [7, 11) is 0. The summed E-state index contributed by atoms with van der Waals surface area (Å²) in [5.41, 5.74) is 7.73. The molecule has 0 bridgehead atoms. The van der Waals surface area contributed by atoms with E-state index >= 15 is 0 Å². The lowest BCUT2D eigenvalue weighted by atomic mass is 9.99. The summed E-state index contributed by atoms with van der Waals surface area (Å²) >= 11 is 0.